The van der Waals surface area contributed by atoms with Gasteiger partial charge in [-0.2, -0.15) is 0 Å². The predicted octanol–water partition coefficient (Wildman–Crippen LogP) is 14.8. The van der Waals surface area contributed by atoms with Crippen molar-refractivity contribution in [3.8, 4) is 0 Å². The van der Waals surface area contributed by atoms with Gasteiger partial charge in [-0.15, -0.1) is 0 Å². The summed E-state index contributed by atoms with van der Waals surface area (Å²) in [5.74, 6) is 0.457. The maximum atomic E-state index is 12.3. The average Bonchev–Trinajstić information content (AvgIpc) is 1.77. The number of carboxylic acids is 2. The molecule has 0 radical (unpaired) electrons. The van der Waals surface area contributed by atoms with Crippen LogP contribution in [0.3, 0.4) is 0 Å². The zero-order chi connectivity index (χ0) is 109. The molecule has 5 atom stereocenters. The van der Waals surface area contributed by atoms with Crippen LogP contribution in [0.25, 0.3) is 21.8 Å². The number of halogens is 2. The summed E-state index contributed by atoms with van der Waals surface area (Å²) in [6.45, 7) is 36.4. The van der Waals surface area contributed by atoms with Crippen LogP contribution >= 0.6 is 10.7 Å². The number of imidazole rings is 1. The highest BCUT2D eigenvalue weighted by Gasteiger charge is 2.31. The number of aliphatic carboxylic acids is 2. The molecule has 3 saturated heterocycles. The van der Waals surface area contributed by atoms with Crippen molar-refractivity contribution in [3.63, 3.8) is 0 Å². The van der Waals surface area contributed by atoms with Crippen LogP contribution in [0, 0.1) is 70.0 Å². The van der Waals surface area contributed by atoms with Crippen LogP contribution in [-0.2, 0) is 75.1 Å². The van der Waals surface area contributed by atoms with E-state index >= 15 is 0 Å². The van der Waals surface area contributed by atoms with Crippen molar-refractivity contribution < 1.29 is 89.1 Å². The summed E-state index contributed by atoms with van der Waals surface area (Å²) < 4.78 is 22.9. The molecule has 3 aliphatic rings. The predicted molar refractivity (Wildman–Crippen MR) is 572 cm³/mol. The zero-order valence-corrected chi connectivity index (χ0v) is 89.9. The highest BCUT2D eigenvalue weighted by molar-refractivity contribution is 8.13. The molecule has 812 valence electrons. The van der Waals surface area contributed by atoms with E-state index in [0.29, 0.717) is 109 Å². The number of aromatic nitrogens is 4. The topological polar surface area (TPSA) is 555 Å². The number of carboxylic acid groups (broad SMARTS) is 2. The molecule has 147 heavy (non-hydrogen) atoms. The second-order valence-electron chi connectivity index (χ2n) is 37.1. The molecular weight excluding hydrogens is 1950 g/mol. The number of unbranched alkanes of at least 4 members (excludes halogenated alkanes) is 2. The van der Waals surface area contributed by atoms with Gasteiger partial charge in [-0.05, 0) is 192 Å². The van der Waals surface area contributed by atoms with Crippen LogP contribution in [0.5, 0.6) is 0 Å². The Labute approximate surface area is 875 Å². The number of carbonyl (C=O) groups is 8. The molecule has 3 aromatic heterocycles. The van der Waals surface area contributed by atoms with Gasteiger partial charge in [0.25, 0.3) is 31.8 Å². The van der Waals surface area contributed by atoms with E-state index in [1.165, 1.54) is 58.2 Å². The van der Waals surface area contributed by atoms with Crippen LogP contribution < -0.4 is 50.5 Å². The Morgan fingerprint density at radius 2 is 0.939 bits per heavy atom. The van der Waals surface area contributed by atoms with Gasteiger partial charge in [0.1, 0.15) is 24.7 Å². The van der Waals surface area contributed by atoms with E-state index in [1.807, 2.05) is 134 Å². The molecule has 4 amide bonds. The Kier molecular flexibility index (Phi) is 64.8. The maximum Gasteiger partial charge on any atom is 0.320 e. The molecular formula is C106H157Cl2N18O20S-. The van der Waals surface area contributed by atoms with E-state index in [0.717, 1.165) is 179 Å². The summed E-state index contributed by atoms with van der Waals surface area (Å²) in [4.78, 5) is 149. The van der Waals surface area contributed by atoms with E-state index < -0.39 is 52.8 Å². The number of nitro groups is 4. The Bertz CT molecular complexity index is 5480. The number of hydrogen-bond acceptors (Lipinski definition) is 25. The van der Waals surface area contributed by atoms with Gasteiger partial charge in [-0.1, -0.05) is 176 Å². The fourth-order valence-electron chi connectivity index (χ4n) is 15.6. The lowest BCUT2D eigenvalue weighted by atomic mass is 10.0. The molecule has 6 heterocycles. The van der Waals surface area contributed by atoms with Crippen LogP contribution in [0.4, 0.5) is 22.7 Å². The lowest BCUT2D eigenvalue weighted by Crippen LogP contribution is -3.00. The van der Waals surface area contributed by atoms with Gasteiger partial charge >= 0.3 is 11.9 Å². The van der Waals surface area contributed by atoms with Gasteiger partial charge < -0.3 is 75.4 Å². The van der Waals surface area contributed by atoms with Crippen molar-refractivity contribution >= 4 is 112 Å². The van der Waals surface area contributed by atoms with Crippen molar-refractivity contribution in [2.75, 3.05) is 58.9 Å². The number of benzene rings is 6. The number of aromatic amines is 2. The fraction of sp³-hybridized carbons (Fsp3) is 0.519. The number of nitrogens with zero attached hydrogens (tertiary/aromatic N) is 9. The first-order valence-electron chi connectivity index (χ1n) is 50.5. The first kappa shape index (κ1) is 131. The number of carbonyl (C=O) groups excluding carboxylic acids is 6. The van der Waals surface area contributed by atoms with Gasteiger partial charge in [0.2, 0.25) is 29.5 Å². The first-order valence-corrected chi connectivity index (χ1v) is 52.8. The highest BCUT2D eigenvalue weighted by atomic mass is 35.7. The smallest absolute Gasteiger partial charge is 0.320 e. The Morgan fingerprint density at radius 3 is 1.34 bits per heavy atom. The number of H-pyrrole nitrogens is 2. The summed E-state index contributed by atoms with van der Waals surface area (Å²) in [6.07, 6.45) is 25.0. The van der Waals surface area contributed by atoms with Gasteiger partial charge in [0.05, 0.1) is 42.7 Å². The minimum atomic E-state index is -3.80. The molecule has 9 aromatic rings. The number of para-hydroxylation sites is 2. The van der Waals surface area contributed by atoms with Crippen molar-refractivity contribution in [2.24, 2.45) is 41.1 Å². The number of nitrogens with two attached hydrogens (primary N) is 2. The van der Waals surface area contributed by atoms with Crippen molar-refractivity contribution in [3.05, 3.63) is 245 Å². The third-order valence-corrected chi connectivity index (χ3v) is 24.2. The van der Waals surface area contributed by atoms with Crippen LogP contribution in [0.2, 0.25) is 0 Å². The normalized spacial score (nSPS) is 14.7. The number of non-ortho nitro benzene ring substituents is 4. The van der Waals surface area contributed by atoms with E-state index in [2.05, 4.69) is 80.2 Å². The van der Waals surface area contributed by atoms with Crippen LogP contribution in [0.15, 0.2) is 182 Å². The van der Waals surface area contributed by atoms with Crippen molar-refractivity contribution in [1.82, 2.24) is 60.8 Å². The van der Waals surface area contributed by atoms with Gasteiger partial charge in [0, 0.05) is 190 Å². The van der Waals surface area contributed by atoms with E-state index in [4.69, 9.17) is 22.1 Å². The van der Waals surface area contributed by atoms with Gasteiger partial charge in [0.15, 0.2) is 0 Å². The molecule has 0 aliphatic carbocycles. The first-order chi connectivity index (χ1) is 69.6. The molecule has 0 saturated carbocycles. The molecule has 0 bridgehead atoms. The lowest BCUT2D eigenvalue weighted by molar-refractivity contribution is -0.385. The molecule has 3 aliphatic heterocycles. The number of hydrogen-bond donors (Lipinski definition) is 11. The molecule has 3 fully saturated rings. The molecule has 6 aromatic carbocycles. The standard InChI is InChI=1S/C28H36N4O5.C17H27N3O4.C17H25N3O3.C14H13N3O.C10H20N2O.C6H4ClNO4S.C6H12N2O.C4H8O.2C2H6.ClH/c1-20(2)18-31(19-21-10-13-23(14-11-21)32(36)37)26(28(34)35)9-5-6-16-29-27(33)15-12-22-17-30-25-8-4-3-7-24(22)25;1-13(2)11-19(16(17(21)22)5-3-4-10-18)12-14-6-8-15(9-7-14)20(23)24;1-13(2)11-19(16-5-3-4-10-18-17(16)21)12-14-6-8-15(9-7-14)20(22)23;18-14(17-8-7-15-10-17)6-5-11-9-16-13-4-2-1-3-12(11)13;1-8(2)7-12-9-5-3-4-6-11-10(9)13;7-13(11,12)6-3-1-5(2-4-6)8(9)10;7-5-3-1-2-4-8-6(5)9;1-4(2)3-5;2*1-2;/h3-4,7-8,10-11,13-14,17,20,26,30H,5-6,9,12,15-16,18-19H2,1-2H3,(H,29,33)(H,34,35);6-9,13,16H,3-5,10-12,18H2,1-2H3,(H,21,22);6-9,13,16H,3-5,10-12H2,1-2H3,(H,18,21);1-4,7-10,16H,5-6H2;8-9,12H,3-7H2,1-2H3,(H,11,13);1-4H;5H,1-4,7H2,(H,8,9);3-4H,1-2H3;2*1-2H3;1H/p-1/t26-;2*16-;;9-;;5-;;;;/m111.1.1..../s1. The lowest BCUT2D eigenvalue weighted by Gasteiger charge is -2.31. The largest absolute Gasteiger partial charge is 1.00 e. The summed E-state index contributed by atoms with van der Waals surface area (Å²) in [5, 5.41) is 79.3. The second-order valence-corrected chi connectivity index (χ2v) is 39.6. The maximum absolute atomic E-state index is 12.3. The molecule has 0 unspecified atom stereocenters. The van der Waals surface area contributed by atoms with Gasteiger partial charge in [-0.3, -0.25) is 93.3 Å². The quantitative estimate of drug-likeness (QED) is 0.00557. The monoisotopic (exact) mass is 2100 g/mol. The Morgan fingerprint density at radius 1 is 0.537 bits per heavy atom. The minimum absolute atomic E-state index is 0. The molecule has 0 spiro atoms. The SMILES string of the molecule is CC.CC.CC(C)C=O.CC(C)CN(Cc1ccc([N+](=O)[O-])cc1)[C@@H]1CCCCNC1=O.CC(C)CN(Cc1ccc([N+](=O)[O-])cc1)[C@H](CCCCN)C(=O)O.CC(C)CN(Cc1ccc([N+](=O)[O-])cc1)[C@H](CCCCNC(=O)CCc1c[nH]c2ccccc12)C(=O)O.CC(C)CN[C@@H]1CCCCNC1=O.N[C@@H]1CCCCNC1=O.O=C(CCc1c[nH]c2ccccc12)n1ccnc1.O=[N+]([O-])c1ccc(S(=O)(=O)Cl)cc1.[Cl-]. The summed E-state index contributed by atoms with van der Waals surface area (Å²) in [5.41, 5.74) is 18.1. The number of nitrogens with one attached hydrogen (secondary N) is 7. The fourth-order valence-corrected chi connectivity index (χ4v) is 16.3. The molecule has 13 N–H and O–H groups in total. The summed E-state index contributed by atoms with van der Waals surface area (Å²) in [6, 6.07) is 38.0. The Hall–Kier alpha value is -12.3. The van der Waals surface area contributed by atoms with Crippen LogP contribution in [-0.4, -0.2) is 209 Å². The van der Waals surface area contributed by atoms with Gasteiger partial charge in [-0.25, -0.2) is 13.4 Å². The number of aryl methyl sites for hydroxylation is 2. The van der Waals surface area contributed by atoms with E-state index in [9.17, 15) is 97.4 Å². The van der Waals surface area contributed by atoms with Crippen molar-refractivity contribution in [2.45, 2.75) is 274 Å². The molecule has 12 rings (SSSR count). The van der Waals surface area contributed by atoms with E-state index in [1.54, 1.807) is 48.8 Å². The highest BCUT2D eigenvalue weighted by Crippen LogP contribution is 2.27. The summed E-state index contributed by atoms with van der Waals surface area (Å²) in [7, 11) is 1.20. The third kappa shape index (κ3) is 52.2. The third-order valence-electron chi connectivity index (χ3n) is 22.8. The summed E-state index contributed by atoms with van der Waals surface area (Å²) >= 11 is 0. The molecule has 41 heteroatoms. The zero-order valence-electron chi connectivity index (χ0n) is 87.6. The average molecular weight is 2110 g/mol. The molecule has 38 nitrogen and oxygen atoms in total. The number of rotatable bonds is 41. The number of aldehydes is 1. The van der Waals surface area contributed by atoms with Crippen LogP contribution in [0.1, 0.15) is 239 Å². The Balaban J connectivity index is 0.000000592. The van der Waals surface area contributed by atoms with Crippen molar-refractivity contribution in [1.29, 1.82) is 0 Å². The number of fused-ring (bicyclic) bond motifs is 2. The second kappa shape index (κ2) is 72.9. The number of amides is 4. The number of nitro benzene ring substituents is 4. The minimum Gasteiger partial charge on any atom is -1.00 e. The van der Waals surface area contributed by atoms with E-state index in [-0.39, 0.29) is 99.5 Å².